The molecule has 1 aromatic carbocycles. The van der Waals surface area contributed by atoms with Gasteiger partial charge in [-0.2, -0.15) is 13.2 Å². The molecule has 0 radical (unpaired) electrons. The number of rotatable bonds is 5. The van der Waals surface area contributed by atoms with E-state index in [0.717, 1.165) is 6.07 Å². The Morgan fingerprint density at radius 3 is 2.60 bits per heavy atom. The number of benzene rings is 1. The minimum atomic E-state index is -4.53. The Labute approximate surface area is 124 Å². The minimum Gasteiger partial charge on any atom is -0.772 e. The third-order valence-corrected chi connectivity index (χ3v) is 3.38. The summed E-state index contributed by atoms with van der Waals surface area (Å²) in [6, 6.07) is 3.61. The number of amides is 1. The fraction of sp³-hybridized carbons (Fsp3) is 0.364. The van der Waals surface area contributed by atoms with E-state index in [1.807, 2.05) is 0 Å². The fourth-order valence-electron chi connectivity index (χ4n) is 1.42. The molecular weight excluding hydrogens is 363 g/mol. The van der Waals surface area contributed by atoms with Crippen LogP contribution in [-0.2, 0) is 28.6 Å². The third-order valence-electron chi connectivity index (χ3n) is 2.35. The van der Waals surface area contributed by atoms with Crippen molar-refractivity contribution in [3.63, 3.8) is 0 Å². The summed E-state index contributed by atoms with van der Waals surface area (Å²) in [5.74, 6) is -0.983. The zero-order valence-corrected chi connectivity index (χ0v) is 12.4. The molecule has 112 valence electrons. The maximum atomic E-state index is 12.8. The Bertz CT molecular complexity index is 522. The Kier molecular flexibility index (Phi) is 6.15. The Morgan fingerprint density at radius 1 is 1.40 bits per heavy atom. The SMILES string of the molecule is O=C(CCS(=O)[O-])NCc1ccc(Br)cc1C(F)(F)F. The molecular formula is C11H10BrF3NO3S-. The normalized spacial score (nSPS) is 13.1. The van der Waals surface area contributed by atoms with Gasteiger partial charge in [-0.3, -0.25) is 9.00 Å². The molecule has 1 rings (SSSR count). The Morgan fingerprint density at radius 2 is 2.05 bits per heavy atom. The second kappa shape index (κ2) is 7.19. The highest BCUT2D eigenvalue weighted by Gasteiger charge is 2.33. The van der Waals surface area contributed by atoms with Crippen LogP contribution in [0.15, 0.2) is 22.7 Å². The number of halogens is 4. The van der Waals surface area contributed by atoms with E-state index < -0.39 is 28.7 Å². The summed E-state index contributed by atoms with van der Waals surface area (Å²) in [7, 11) is 0. The summed E-state index contributed by atoms with van der Waals surface area (Å²) < 4.78 is 59.2. The van der Waals surface area contributed by atoms with E-state index in [1.54, 1.807) is 0 Å². The second-order valence-corrected chi connectivity index (χ2v) is 5.77. The molecule has 1 amide bonds. The van der Waals surface area contributed by atoms with Gasteiger partial charge in [0.2, 0.25) is 5.91 Å². The number of carbonyl (C=O) groups excluding carboxylic acids is 1. The van der Waals surface area contributed by atoms with E-state index in [4.69, 9.17) is 0 Å². The summed E-state index contributed by atoms with van der Waals surface area (Å²) in [4.78, 5) is 11.3. The van der Waals surface area contributed by atoms with Gasteiger partial charge in [-0.05, 0) is 17.7 Å². The van der Waals surface area contributed by atoms with Crippen LogP contribution in [0, 0.1) is 0 Å². The molecule has 0 bridgehead atoms. The molecule has 0 spiro atoms. The van der Waals surface area contributed by atoms with Crippen molar-refractivity contribution in [2.45, 2.75) is 19.1 Å². The van der Waals surface area contributed by atoms with Crippen molar-refractivity contribution >= 4 is 32.9 Å². The molecule has 20 heavy (non-hydrogen) atoms. The average Bonchev–Trinajstić information content (AvgIpc) is 2.33. The Hall–Kier alpha value is -0.930. The van der Waals surface area contributed by atoms with E-state index in [9.17, 15) is 26.7 Å². The van der Waals surface area contributed by atoms with Gasteiger partial charge in [-0.1, -0.05) is 33.1 Å². The lowest BCUT2D eigenvalue weighted by Gasteiger charge is -2.14. The zero-order valence-electron chi connectivity index (χ0n) is 10.00. The molecule has 4 nitrogen and oxygen atoms in total. The molecule has 1 aromatic rings. The highest BCUT2D eigenvalue weighted by Crippen LogP contribution is 2.33. The van der Waals surface area contributed by atoms with Gasteiger partial charge in [-0.25, -0.2) is 0 Å². The van der Waals surface area contributed by atoms with Gasteiger partial charge in [0.25, 0.3) is 0 Å². The van der Waals surface area contributed by atoms with Crippen LogP contribution in [0.4, 0.5) is 13.2 Å². The van der Waals surface area contributed by atoms with Crippen LogP contribution >= 0.6 is 15.9 Å². The monoisotopic (exact) mass is 372 g/mol. The average molecular weight is 373 g/mol. The van der Waals surface area contributed by atoms with E-state index in [-0.39, 0.29) is 28.8 Å². The quantitative estimate of drug-likeness (QED) is 0.806. The van der Waals surface area contributed by atoms with Crippen molar-refractivity contribution in [3.05, 3.63) is 33.8 Å². The van der Waals surface area contributed by atoms with Crippen molar-refractivity contribution in [2.75, 3.05) is 5.75 Å². The van der Waals surface area contributed by atoms with Crippen LogP contribution in [0.2, 0.25) is 0 Å². The highest BCUT2D eigenvalue weighted by molar-refractivity contribution is 9.10. The van der Waals surface area contributed by atoms with Crippen LogP contribution in [0.5, 0.6) is 0 Å². The van der Waals surface area contributed by atoms with Gasteiger partial charge in [0.1, 0.15) is 0 Å². The van der Waals surface area contributed by atoms with Crippen LogP contribution in [0.1, 0.15) is 17.5 Å². The highest BCUT2D eigenvalue weighted by atomic mass is 79.9. The van der Waals surface area contributed by atoms with E-state index in [2.05, 4.69) is 21.2 Å². The standard InChI is InChI=1S/C11H11BrF3NO3S/c12-8-2-1-7(9(5-8)11(13,14)15)6-16-10(17)3-4-20(18)19/h1-2,5H,3-4,6H2,(H,16,17)(H,18,19)/p-1. The van der Waals surface area contributed by atoms with Gasteiger partial charge >= 0.3 is 6.18 Å². The maximum absolute atomic E-state index is 12.8. The lowest BCUT2D eigenvalue weighted by atomic mass is 10.1. The molecule has 1 unspecified atom stereocenters. The molecule has 9 heteroatoms. The summed E-state index contributed by atoms with van der Waals surface area (Å²) in [5.41, 5.74) is -0.933. The van der Waals surface area contributed by atoms with Crippen molar-refractivity contribution in [3.8, 4) is 0 Å². The van der Waals surface area contributed by atoms with Crippen LogP contribution < -0.4 is 5.32 Å². The second-order valence-electron chi connectivity index (χ2n) is 3.83. The summed E-state index contributed by atoms with van der Waals surface area (Å²) in [6.07, 6.45) is -4.81. The fourth-order valence-corrected chi connectivity index (χ4v) is 2.14. The molecule has 0 aliphatic heterocycles. The number of nitrogens with one attached hydrogen (secondary N) is 1. The minimum absolute atomic E-state index is 0.0858. The molecule has 1 atom stereocenters. The van der Waals surface area contributed by atoms with Crippen molar-refractivity contribution in [1.29, 1.82) is 0 Å². The number of hydrogen-bond donors (Lipinski definition) is 1. The van der Waals surface area contributed by atoms with E-state index in [0.29, 0.717) is 0 Å². The number of carbonyl (C=O) groups is 1. The molecule has 0 aliphatic carbocycles. The van der Waals surface area contributed by atoms with Crippen molar-refractivity contribution in [1.82, 2.24) is 5.32 Å². The summed E-state index contributed by atoms with van der Waals surface area (Å²) >= 11 is 0.601. The molecule has 0 saturated carbocycles. The molecule has 0 saturated heterocycles. The lowest BCUT2D eigenvalue weighted by Crippen LogP contribution is -2.25. The van der Waals surface area contributed by atoms with E-state index in [1.165, 1.54) is 12.1 Å². The van der Waals surface area contributed by atoms with E-state index >= 15 is 0 Å². The van der Waals surface area contributed by atoms with Crippen LogP contribution in [0.25, 0.3) is 0 Å². The maximum Gasteiger partial charge on any atom is 0.416 e. The van der Waals surface area contributed by atoms with Crippen LogP contribution in [-0.4, -0.2) is 20.4 Å². The van der Waals surface area contributed by atoms with Gasteiger partial charge in [0, 0.05) is 23.2 Å². The predicted molar refractivity (Wildman–Crippen MR) is 69.4 cm³/mol. The lowest BCUT2D eigenvalue weighted by molar-refractivity contribution is -0.138. The zero-order chi connectivity index (χ0) is 15.3. The van der Waals surface area contributed by atoms with Gasteiger partial charge < -0.3 is 9.87 Å². The molecule has 0 heterocycles. The number of hydrogen-bond acceptors (Lipinski definition) is 3. The van der Waals surface area contributed by atoms with Gasteiger partial charge in [0.05, 0.1) is 5.56 Å². The first-order chi connectivity index (χ1) is 9.20. The Balaban J connectivity index is 2.73. The molecule has 0 aliphatic rings. The number of alkyl halides is 3. The predicted octanol–water partition coefficient (Wildman–Crippen LogP) is 2.35. The first-order valence-corrected chi connectivity index (χ1v) is 7.42. The van der Waals surface area contributed by atoms with Crippen molar-refractivity contribution < 1.29 is 26.7 Å². The third kappa shape index (κ3) is 5.59. The largest absolute Gasteiger partial charge is 0.772 e. The van der Waals surface area contributed by atoms with Crippen LogP contribution in [0.3, 0.4) is 0 Å². The van der Waals surface area contributed by atoms with Crippen molar-refractivity contribution in [2.24, 2.45) is 0 Å². The smallest absolute Gasteiger partial charge is 0.416 e. The molecule has 0 fully saturated rings. The first-order valence-electron chi connectivity index (χ1n) is 5.38. The van der Waals surface area contributed by atoms with Gasteiger partial charge in [-0.15, -0.1) is 0 Å². The summed E-state index contributed by atoms with van der Waals surface area (Å²) in [6.45, 7) is -0.313. The summed E-state index contributed by atoms with van der Waals surface area (Å²) in [5, 5.41) is 2.26. The molecule has 1 N–H and O–H groups in total. The first kappa shape index (κ1) is 17.1. The topological polar surface area (TPSA) is 69.2 Å². The molecule has 0 aromatic heterocycles. The van der Waals surface area contributed by atoms with Gasteiger partial charge in [0.15, 0.2) is 0 Å².